The maximum atomic E-state index is 12.3. The Morgan fingerprint density at radius 3 is 2.62 bits per heavy atom. The number of hydrogen-bond donors (Lipinski definition) is 2. The molecule has 0 saturated heterocycles. The van der Waals surface area contributed by atoms with E-state index in [2.05, 4.69) is 15.3 Å². The normalized spacial score (nSPS) is 10.8. The van der Waals surface area contributed by atoms with Crippen molar-refractivity contribution in [3.63, 3.8) is 0 Å². The molecule has 7 heteroatoms. The number of nitrogens with zero attached hydrogens (tertiary/aromatic N) is 2. The third-order valence-electron chi connectivity index (χ3n) is 4.37. The monoisotopic (exact) mass is 403 g/mol. The van der Waals surface area contributed by atoms with E-state index < -0.39 is 5.97 Å². The molecule has 2 aromatic heterocycles. The molecular weight excluding hydrogens is 386 g/mol. The molecule has 0 unspecified atom stereocenters. The minimum atomic E-state index is -0.991. The average molecular weight is 403 g/mol. The Kier molecular flexibility index (Phi) is 5.31. The van der Waals surface area contributed by atoms with Crippen molar-refractivity contribution in [1.82, 2.24) is 15.3 Å². The standard InChI is InChI=1S/C22H17N3O3S/c26-19(23-12-14-5-4-8-16(9-14)22(27)28)11-20-25-21-18(29-20)10-17(13-24-21)15-6-2-1-3-7-15/h1-10,13H,11-12H2,(H,23,26)(H,27,28). The number of amides is 1. The van der Waals surface area contributed by atoms with Gasteiger partial charge in [-0.2, -0.15) is 0 Å². The third kappa shape index (κ3) is 4.47. The van der Waals surface area contributed by atoms with Crippen LogP contribution in [0.25, 0.3) is 21.5 Å². The van der Waals surface area contributed by atoms with Gasteiger partial charge in [-0.1, -0.05) is 42.5 Å². The minimum absolute atomic E-state index is 0.153. The number of carbonyl (C=O) groups is 2. The van der Waals surface area contributed by atoms with Gasteiger partial charge < -0.3 is 10.4 Å². The number of benzene rings is 2. The van der Waals surface area contributed by atoms with E-state index >= 15 is 0 Å². The van der Waals surface area contributed by atoms with E-state index in [9.17, 15) is 9.59 Å². The van der Waals surface area contributed by atoms with Crippen LogP contribution in [-0.4, -0.2) is 27.0 Å². The number of carboxylic acid groups (broad SMARTS) is 1. The SMILES string of the molecule is O=C(Cc1nc2ncc(-c3ccccc3)cc2s1)NCc1cccc(C(=O)O)c1. The predicted molar refractivity (Wildman–Crippen MR) is 112 cm³/mol. The lowest BCUT2D eigenvalue weighted by Crippen LogP contribution is -2.24. The molecule has 1 amide bonds. The van der Waals surface area contributed by atoms with Gasteiger partial charge in [0, 0.05) is 18.3 Å². The summed E-state index contributed by atoms with van der Waals surface area (Å²) in [6.45, 7) is 0.265. The largest absolute Gasteiger partial charge is 0.478 e. The van der Waals surface area contributed by atoms with Crippen molar-refractivity contribution in [3.05, 3.63) is 83.0 Å². The van der Waals surface area contributed by atoms with Gasteiger partial charge in [0.1, 0.15) is 5.01 Å². The van der Waals surface area contributed by atoms with Gasteiger partial charge in [0.25, 0.3) is 0 Å². The summed E-state index contributed by atoms with van der Waals surface area (Å²) in [5, 5.41) is 12.5. The number of aromatic carboxylic acids is 1. The summed E-state index contributed by atoms with van der Waals surface area (Å²) in [6.07, 6.45) is 1.94. The van der Waals surface area contributed by atoms with Crippen LogP contribution in [-0.2, 0) is 17.8 Å². The Morgan fingerprint density at radius 2 is 1.83 bits per heavy atom. The molecule has 144 valence electrons. The number of rotatable bonds is 6. The van der Waals surface area contributed by atoms with Gasteiger partial charge in [-0.3, -0.25) is 4.79 Å². The molecule has 6 nitrogen and oxygen atoms in total. The topological polar surface area (TPSA) is 92.2 Å². The van der Waals surface area contributed by atoms with Gasteiger partial charge >= 0.3 is 5.97 Å². The molecule has 2 N–H and O–H groups in total. The number of hydrogen-bond acceptors (Lipinski definition) is 5. The zero-order valence-electron chi connectivity index (χ0n) is 15.3. The van der Waals surface area contributed by atoms with E-state index in [1.165, 1.54) is 17.4 Å². The van der Waals surface area contributed by atoms with E-state index in [0.29, 0.717) is 10.7 Å². The molecule has 2 heterocycles. The maximum Gasteiger partial charge on any atom is 0.335 e. The fourth-order valence-electron chi connectivity index (χ4n) is 2.94. The van der Waals surface area contributed by atoms with Gasteiger partial charge in [-0.05, 0) is 29.3 Å². The Labute approximate surface area is 170 Å². The summed E-state index contributed by atoms with van der Waals surface area (Å²) in [4.78, 5) is 32.2. The number of aromatic nitrogens is 2. The molecule has 29 heavy (non-hydrogen) atoms. The Hall–Kier alpha value is -3.58. The zero-order valence-corrected chi connectivity index (χ0v) is 16.1. The van der Waals surface area contributed by atoms with Crippen molar-refractivity contribution >= 4 is 33.6 Å². The van der Waals surface area contributed by atoms with Crippen LogP contribution in [0.1, 0.15) is 20.9 Å². The van der Waals surface area contributed by atoms with Crippen LogP contribution in [0.5, 0.6) is 0 Å². The van der Waals surface area contributed by atoms with Crippen molar-refractivity contribution in [3.8, 4) is 11.1 Å². The van der Waals surface area contributed by atoms with Crippen LogP contribution >= 0.6 is 11.3 Å². The number of pyridine rings is 1. The molecule has 0 bridgehead atoms. The molecule has 0 spiro atoms. The fourth-order valence-corrected chi connectivity index (χ4v) is 3.91. The smallest absolute Gasteiger partial charge is 0.335 e. The molecule has 0 saturated carbocycles. The van der Waals surface area contributed by atoms with E-state index in [4.69, 9.17) is 5.11 Å². The third-order valence-corrected chi connectivity index (χ3v) is 5.37. The lowest BCUT2D eigenvalue weighted by Gasteiger charge is -2.05. The molecule has 0 fully saturated rings. The highest BCUT2D eigenvalue weighted by Gasteiger charge is 2.11. The second-order valence-corrected chi connectivity index (χ2v) is 7.59. The van der Waals surface area contributed by atoms with E-state index in [0.717, 1.165) is 21.4 Å². The highest BCUT2D eigenvalue weighted by atomic mass is 32.1. The average Bonchev–Trinajstić information content (AvgIpc) is 3.14. The summed E-state index contributed by atoms with van der Waals surface area (Å²) in [6, 6.07) is 18.5. The van der Waals surface area contributed by atoms with Crippen LogP contribution in [0, 0.1) is 0 Å². The van der Waals surface area contributed by atoms with Crippen LogP contribution in [0.3, 0.4) is 0 Å². The van der Waals surface area contributed by atoms with Crippen molar-refractivity contribution in [2.45, 2.75) is 13.0 Å². The predicted octanol–water partition coefficient (Wildman–Crippen LogP) is 3.92. The van der Waals surface area contributed by atoms with Crippen molar-refractivity contribution in [2.75, 3.05) is 0 Å². The minimum Gasteiger partial charge on any atom is -0.478 e. The first-order valence-corrected chi connectivity index (χ1v) is 9.80. The van der Waals surface area contributed by atoms with E-state index in [1.54, 1.807) is 24.4 Å². The fraction of sp³-hybridized carbons (Fsp3) is 0.0909. The van der Waals surface area contributed by atoms with Gasteiger partial charge in [-0.15, -0.1) is 11.3 Å². The molecule has 0 atom stereocenters. The first kappa shape index (κ1) is 18.8. The second kappa shape index (κ2) is 8.20. The van der Waals surface area contributed by atoms with Crippen molar-refractivity contribution in [1.29, 1.82) is 0 Å². The first-order chi connectivity index (χ1) is 14.1. The zero-order chi connectivity index (χ0) is 20.2. The first-order valence-electron chi connectivity index (χ1n) is 8.98. The quantitative estimate of drug-likeness (QED) is 0.509. The molecular formula is C22H17N3O3S. The van der Waals surface area contributed by atoms with Crippen LogP contribution in [0.4, 0.5) is 0 Å². The van der Waals surface area contributed by atoms with Crippen LogP contribution in [0.15, 0.2) is 66.9 Å². The van der Waals surface area contributed by atoms with Crippen LogP contribution in [0.2, 0.25) is 0 Å². The molecule has 0 aliphatic rings. The number of carbonyl (C=O) groups excluding carboxylic acids is 1. The number of thiazole rings is 1. The van der Waals surface area contributed by atoms with Gasteiger partial charge in [-0.25, -0.2) is 14.8 Å². The summed E-state index contributed by atoms with van der Waals surface area (Å²) < 4.78 is 0.934. The molecule has 2 aromatic carbocycles. The van der Waals surface area contributed by atoms with Crippen molar-refractivity contribution in [2.24, 2.45) is 0 Å². The summed E-state index contributed by atoms with van der Waals surface area (Å²) in [5.74, 6) is -1.16. The lowest BCUT2D eigenvalue weighted by molar-refractivity contribution is -0.120. The summed E-state index contributed by atoms with van der Waals surface area (Å²) >= 11 is 1.45. The summed E-state index contributed by atoms with van der Waals surface area (Å²) in [5.41, 5.74) is 3.65. The molecule has 0 aliphatic carbocycles. The second-order valence-electron chi connectivity index (χ2n) is 6.48. The van der Waals surface area contributed by atoms with Gasteiger partial charge in [0.2, 0.25) is 5.91 Å². The van der Waals surface area contributed by atoms with Gasteiger partial charge in [0.15, 0.2) is 5.65 Å². The number of nitrogens with one attached hydrogen (secondary N) is 1. The number of fused-ring (bicyclic) bond motifs is 1. The van der Waals surface area contributed by atoms with Crippen LogP contribution < -0.4 is 5.32 Å². The molecule has 0 radical (unpaired) electrons. The van der Waals surface area contributed by atoms with Crippen molar-refractivity contribution < 1.29 is 14.7 Å². The van der Waals surface area contributed by atoms with E-state index in [1.807, 2.05) is 36.4 Å². The molecule has 4 aromatic rings. The van der Waals surface area contributed by atoms with E-state index in [-0.39, 0.29) is 24.4 Å². The Bertz CT molecular complexity index is 1190. The molecule has 0 aliphatic heterocycles. The number of carboxylic acids is 1. The lowest BCUT2D eigenvalue weighted by atomic mass is 10.1. The maximum absolute atomic E-state index is 12.3. The molecule has 4 rings (SSSR count). The summed E-state index contributed by atoms with van der Waals surface area (Å²) in [7, 11) is 0. The highest BCUT2D eigenvalue weighted by Crippen LogP contribution is 2.26. The highest BCUT2D eigenvalue weighted by molar-refractivity contribution is 7.18. The Morgan fingerprint density at radius 1 is 1.00 bits per heavy atom. The van der Waals surface area contributed by atoms with Gasteiger partial charge in [0.05, 0.1) is 16.7 Å². The Balaban J connectivity index is 1.43.